The predicted octanol–water partition coefficient (Wildman–Crippen LogP) is 5.74. The number of piperidine rings is 2. The standard InChI is InChI=1S/C28H23F3N6O3.C6H8ClF2NO/c29-17-11-16-14-36(27(40)34-7-4-28(30,31)5-8-34)10-9-35-15-19(18(12-17)24(16)35)22-23(26(39)33-25(22)38)20-13-32-21-3-1-2-6-37(20)21;7-5(11)10-3-1-6(8,9)2-4-10/h1-3,6,11-13,15H,4-5,7-10,14H2,(H,33,38,39);1-4H2. The number of aromatic nitrogens is 3. The molecule has 0 radical (unpaired) electrons. The zero-order valence-electron chi connectivity index (χ0n) is 27.0. The summed E-state index contributed by atoms with van der Waals surface area (Å²) in [6.45, 7) is 0.716. The number of benzene rings is 1. The van der Waals surface area contributed by atoms with Crippen LogP contribution in [0.5, 0.6) is 0 Å². The van der Waals surface area contributed by atoms with E-state index < -0.39 is 34.8 Å². The molecule has 0 unspecified atom stereocenters. The lowest BCUT2D eigenvalue weighted by molar-refractivity contribution is -0.122. The summed E-state index contributed by atoms with van der Waals surface area (Å²) in [6.07, 6.45) is 3.66. The van der Waals surface area contributed by atoms with Gasteiger partial charge >= 0.3 is 11.4 Å². The van der Waals surface area contributed by atoms with Crippen molar-refractivity contribution in [3.8, 4) is 0 Å². The van der Waals surface area contributed by atoms with Gasteiger partial charge in [0, 0.05) is 94.8 Å². The van der Waals surface area contributed by atoms with E-state index in [1.54, 1.807) is 33.8 Å². The topological polar surface area (TPSA) is 112 Å². The van der Waals surface area contributed by atoms with Crippen molar-refractivity contribution >= 4 is 62.5 Å². The molecule has 2 fully saturated rings. The number of fused-ring (bicyclic) bond motifs is 1. The van der Waals surface area contributed by atoms with Crippen molar-refractivity contribution in [1.29, 1.82) is 0 Å². The van der Waals surface area contributed by atoms with E-state index in [1.807, 2.05) is 10.6 Å². The lowest BCUT2D eigenvalue weighted by Gasteiger charge is -2.35. The van der Waals surface area contributed by atoms with E-state index in [0.717, 1.165) is 0 Å². The van der Waals surface area contributed by atoms with Crippen LogP contribution in [0.15, 0.2) is 48.9 Å². The smallest absolute Gasteiger partial charge is 0.320 e. The summed E-state index contributed by atoms with van der Waals surface area (Å²) in [5, 5.41) is 2.17. The number of rotatable bonds is 2. The summed E-state index contributed by atoms with van der Waals surface area (Å²) in [6, 6.07) is 7.68. The fourth-order valence-corrected chi connectivity index (χ4v) is 7.14. The van der Waals surface area contributed by atoms with Crippen LogP contribution in [0, 0.1) is 5.82 Å². The highest BCUT2D eigenvalue weighted by Gasteiger charge is 2.39. The number of alkyl halides is 4. The summed E-state index contributed by atoms with van der Waals surface area (Å²) in [4.78, 5) is 58.4. The van der Waals surface area contributed by atoms with Crippen LogP contribution in [0.1, 0.15) is 42.5 Å². The molecule has 51 heavy (non-hydrogen) atoms. The Morgan fingerprint density at radius 3 is 2.14 bits per heavy atom. The first-order chi connectivity index (χ1) is 24.2. The number of hydrogen-bond donors (Lipinski definition) is 1. The third kappa shape index (κ3) is 6.64. The lowest BCUT2D eigenvalue weighted by Crippen LogP contribution is -2.49. The van der Waals surface area contributed by atoms with E-state index in [0.29, 0.717) is 39.9 Å². The molecule has 1 N–H and O–H groups in total. The minimum Gasteiger partial charge on any atom is -0.345 e. The Hall–Kier alpha value is -4.99. The first-order valence-corrected chi connectivity index (χ1v) is 16.7. The summed E-state index contributed by atoms with van der Waals surface area (Å²) in [5.74, 6) is -7.10. The Bertz CT molecular complexity index is 2110. The maximum Gasteiger partial charge on any atom is 0.320 e. The van der Waals surface area contributed by atoms with Crippen molar-refractivity contribution in [2.24, 2.45) is 0 Å². The second-order valence-corrected chi connectivity index (χ2v) is 13.3. The van der Waals surface area contributed by atoms with E-state index in [9.17, 15) is 36.7 Å². The highest BCUT2D eigenvalue weighted by Crippen LogP contribution is 2.39. The van der Waals surface area contributed by atoms with Gasteiger partial charge in [0.2, 0.25) is 0 Å². The minimum absolute atomic E-state index is 0.0410. The number of nitrogens with zero attached hydrogens (tertiary/aromatic N) is 6. The third-order valence-electron chi connectivity index (χ3n) is 9.64. The molecule has 4 aromatic rings. The molecular weight excluding hydrogens is 701 g/mol. The van der Waals surface area contributed by atoms with E-state index >= 15 is 4.39 Å². The molecule has 0 aliphatic carbocycles. The van der Waals surface area contributed by atoms with Gasteiger partial charge in [0.1, 0.15) is 11.5 Å². The van der Waals surface area contributed by atoms with Crippen molar-refractivity contribution in [2.75, 3.05) is 32.7 Å². The molecular formula is C34H31ClF5N7O4. The van der Waals surface area contributed by atoms with Crippen molar-refractivity contribution in [2.45, 2.75) is 50.6 Å². The number of hydrogen-bond acceptors (Lipinski definition) is 5. The van der Waals surface area contributed by atoms with Crippen LogP contribution in [0.3, 0.4) is 0 Å². The second kappa shape index (κ2) is 13.0. The van der Waals surface area contributed by atoms with Crippen LogP contribution in [0.2, 0.25) is 0 Å². The Kier molecular flexibility index (Phi) is 8.76. The molecule has 0 atom stereocenters. The molecule has 0 bridgehead atoms. The van der Waals surface area contributed by atoms with Crippen LogP contribution in [-0.4, -0.2) is 96.4 Å². The van der Waals surface area contributed by atoms with Crippen LogP contribution in [0.25, 0.3) is 27.7 Å². The molecule has 0 spiro atoms. The number of halogens is 6. The number of amides is 5. The van der Waals surface area contributed by atoms with Crippen molar-refractivity contribution in [1.82, 2.24) is 34.0 Å². The van der Waals surface area contributed by atoms with Gasteiger partial charge in [0.05, 0.1) is 28.6 Å². The highest BCUT2D eigenvalue weighted by atomic mass is 35.5. The van der Waals surface area contributed by atoms with Gasteiger partial charge in [-0.3, -0.25) is 24.1 Å². The van der Waals surface area contributed by atoms with Gasteiger partial charge in [0.15, 0.2) is 0 Å². The number of nitrogens with one attached hydrogen (secondary N) is 1. The zero-order chi connectivity index (χ0) is 36.2. The summed E-state index contributed by atoms with van der Waals surface area (Å²) in [5.41, 5.74) is 2.87. The molecule has 4 aliphatic rings. The van der Waals surface area contributed by atoms with Gasteiger partial charge in [-0.15, -0.1) is 0 Å². The highest BCUT2D eigenvalue weighted by molar-refractivity contribution is 6.62. The quantitative estimate of drug-likeness (QED) is 0.122. The van der Waals surface area contributed by atoms with Crippen LogP contribution in [0.4, 0.5) is 31.5 Å². The summed E-state index contributed by atoms with van der Waals surface area (Å²) < 4.78 is 70.8. The van der Waals surface area contributed by atoms with Crippen molar-refractivity contribution in [3.05, 3.63) is 71.6 Å². The number of pyridine rings is 1. The van der Waals surface area contributed by atoms with E-state index in [1.165, 1.54) is 28.1 Å². The second-order valence-electron chi connectivity index (χ2n) is 12.9. The Morgan fingerprint density at radius 2 is 1.47 bits per heavy atom. The van der Waals surface area contributed by atoms with Crippen LogP contribution in [-0.2, 0) is 22.7 Å². The lowest BCUT2D eigenvalue weighted by atomic mass is 9.98. The number of carbonyl (C=O) groups excluding carboxylic acids is 4. The fraction of sp³-hybridized carbons (Fsp3) is 0.382. The average molecular weight is 732 g/mol. The number of carbonyl (C=O) groups is 4. The number of imide groups is 1. The van der Waals surface area contributed by atoms with Gasteiger partial charge < -0.3 is 19.3 Å². The fourth-order valence-electron chi connectivity index (χ4n) is 6.97. The molecule has 0 saturated carbocycles. The first-order valence-electron chi connectivity index (χ1n) is 16.3. The van der Waals surface area contributed by atoms with E-state index in [2.05, 4.69) is 10.3 Å². The van der Waals surface area contributed by atoms with Gasteiger partial charge in [-0.05, 0) is 41.4 Å². The van der Waals surface area contributed by atoms with Gasteiger partial charge in [0.25, 0.3) is 23.7 Å². The Labute approximate surface area is 292 Å². The molecule has 1 aromatic carbocycles. The van der Waals surface area contributed by atoms with Gasteiger partial charge in [-0.1, -0.05) is 6.07 Å². The zero-order valence-corrected chi connectivity index (χ0v) is 27.7. The van der Waals surface area contributed by atoms with Crippen LogP contribution < -0.4 is 5.32 Å². The maximum absolute atomic E-state index is 15.0. The Balaban J connectivity index is 0.000000318. The van der Waals surface area contributed by atoms with Gasteiger partial charge in [-0.2, -0.15) is 0 Å². The minimum atomic E-state index is -2.77. The first kappa shape index (κ1) is 34.5. The van der Waals surface area contributed by atoms with Gasteiger partial charge in [-0.25, -0.2) is 31.7 Å². The largest absolute Gasteiger partial charge is 0.345 e. The van der Waals surface area contributed by atoms with Crippen molar-refractivity contribution in [3.63, 3.8) is 0 Å². The normalized spacial score (nSPS) is 20.0. The van der Waals surface area contributed by atoms with E-state index in [4.69, 9.17) is 11.6 Å². The van der Waals surface area contributed by atoms with Crippen molar-refractivity contribution < 1.29 is 41.1 Å². The number of likely N-dealkylation sites (tertiary alicyclic amines) is 2. The molecule has 5 amide bonds. The number of imidazole rings is 1. The molecule has 17 heteroatoms. The van der Waals surface area contributed by atoms with Crippen LogP contribution >= 0.6 is 11.6 Å². The Morgan fingerprint density at radius 1 is 0.824 bits per heavy atom. The molecule has 4 aliphatic heterocycles. The molecule has 3 aromatic heterocycles. The maximum atomic E-state index is 15.0. The SMILES string of the molecule is O=C(Cl)N1CCC(F)(F)CC1.O=C1NC(=O)C(c2cnc3ccccn23)=C1c1cn2c3c(cc(F)cc13)CN(C(=O)N1CCC(F)(F)CC1)CC2. The summed E-state index contributed by atoms with van der Waals surface area (Å²) in [7, 11) is 0. The summed E-state index contributed by atoms with van der Waals surface area (Å²) >= 11 is 5.09. The van der Waals surface area contributed by atoms with E-state index in [-0.39, 0.29) is 82.1 Å². The number of urea groups is 1. The third-order valence-corrected chi connectivity index (χ3v) is 9.88. The molecule has 268 valence electrons. The predicted molar refractivity (Wildman–Crippen MR) is 176 cm³/mol. The molecule has 7 heterocycles. The molecule has 2 saturated heterocycles. The molecule has 11 nitrogen and oxygen atoms in total. The average Bonchev–Trinajstić information content (AvgIpc) is 3.70. The molecule has 8 rings (SSSR count). The monoisotopic (exact) mass is 731 g/mol.